The average molecular weight is 431 g/mol. The molecule has 0 bridgehead atoms. The van der Waals surface area contributed by atoms with Crippen molar-refractivity contribution in [1.29, 1.82) is 0 Å². The van der Waals surface area contributed by atoms with Gasteiger partial charge in [0.05, 0.1) is 6.10 Å². The van der Waals surface area contributed by atoms with Gasteiger partial charge in [0.2, 0.25) is 0 Å². The molecule has 3 aliphatic carbocycles. The van der Waals surface area contributed by atoms with Crippen LogP contribution in [-0.2, 0) is 11.2 Å². The molecular weight excluding hydrogens is 390 g/mol. The lowest BCUT2D eigenvalue weighted by molar-refractivity contribution is -0.0205. The molecule has 1 aromatic carbocycles. The van der Waals surface area contributed by atoms with Gasteiger partial charge in [-0.2, -0.15) is 0 Å². The van der Waals surface area contributed by atoms with Gasteiger partial charge >= 0.3 is 0 Å². The van der Waals surface area contributed by atoms with Crippen molar-refractivity contribution in [3.05, 3.63) is 47.5 Å². The minimum atomic E-state index is -0.637. The maximum atomic E-state index is 14.8. The minimum Gasteiger partial charge on any atom is -0.378 e. The van der Waals surface area contributed by atoms with Crippen molar-refractivity contribution in [2.24, 2.45) is 23.7 Å². The van der Waals surface area contributed by atoms with Gasteiger partial charge in [0.15, 0.2) is 11.6 Å². The number of benzene rings is 1. The Balaban J connectivity index is 1.30. The van der Waals surface area contributed by atoms with E-state index in [1.54, 1.807) is 12.1 Å². The third-order valence-corrected chi connectivity index (χ3v) is 8.70. The number of allylic oxidation sites excluding steroid dienone is 1. The van der Waals surface area contributed by atoms with Crippen LogP contribution in [0.5, 0.6) is 0 Å². The summed E-state index contributed by atoms with van der Waals surface area (Å²) in [5.41, 5.74) is 1.09. The first-order valence-electron chi connectivity index (χ1n) is 12.8. The van der Waals surface area contributed by atoms with Crippen molar-refractivity contribution < 1.29 is 13.5 Å². The highest BCUT2D eigenvalue weighted by molar-refractivity contribution is 5.29. The summed E-state index contributed by atoms with van der Waals surface area (Å²) in [6.07, 6.45) is 15.8. The summed E-state index contributed by atoms with van der Waals surface area (Å²) in [5.74, 6) is 2.32. The van der Waals surface area contributed by atoms with Gasteiger partial charge in [-0.1, -0.05) is 18.2 Å². The van der Waals surface area contributed by atoms with Crippen LogP contribution in [0.3, 0.4) is 0 Å². The first-order chi connectivity index (χ1) is 15.1. The zero-order valence-electron chi connectivity index (χ0n) is 19.3. The number of hydrogen-bond donors (Lipinski definition) is 0. The van der Waals surface area contributed by atoms with E-state index < -0.39 is 11.6 Å². The second-order valence-corrected chi connectivity index (χ2v) is 10.4. The van der Waals surface area contributed by atoms with Crippen LogP contribution in [0, 0.1) is 35.3 Å². The van der Waals surface area contributed by atoms with Gasteiger partial charge < -0.3 is 4.74 Å². The average Bonchev–Trinajstić information content (AvgIpc) is 2.80. The number of hydrogen-bond acceptors (Lipinski definition) is 1. The molecule has 1 aromatic rings. The quantitative estimate of drug-likeness (QED) is 0.398. The largest absolute Gasteiger partial charge is 0.378 e. The molecule has 0 N–H and O–H groups in total. The third kappa shape index (κ3) is 5.24. The van der Waals surface area contributed by atoms with E-state index in [-0.39, 0.29) is 5.92 Å². The number of fused-ring (bicyclic) bond motifs is 1. The highest BCUT2D eigenvalue weighted by Gasteiger charge is 2.39. The van der Waals surface area contributed by atoms with Crippen LogP contribution in [-0.4, -0.2) is 12.7 Å². The van der Waals surface area contributed by atoms with Crippen molar-refractivity contribution in [1.82, 2.24) is 0 Å². The van der Waals surface area contributed by atoms with Gasteiger partial charge in [0.25, 0.3) is 0 Å². The van der Waals surface area contributed by atoms with E-state index in [1.807, 2.05) is 6.07 Å². The van der Waals surface area contributed by atoms with E-state index in [0.717, 1.165) is 43.1 Å². The highest BCUT2D eigenvalue weighted by atomic mass is 19.2. The fraction of sp³-hybridized carbons (Fsp3) is 0.714. The fourth-order valence-corrected chi connectivity index (χ4v) is 6.97. The molecule has 0 aromatic heterocycles. The number of ether oxygens (including phenoxy) is 1. The molecule has 172 valence electrons. The Morgan fingerprint density at radius 2 is 1.52 bits per heavy atom. The first-order valence-corrected chi connectivity index (χ1v) is 12.8. The number of halogens is 2. The lowest BCUT2D eigenvalue weighted by atomic mass is 9.62. The molecule has 3 aliphatic rings. The van der Waals surface area contributed by atoms with Crippen molar-refractivity contribution in [3.63, 3.8) is 0 Å². The molecule has 1 nitrogen and oxygen atoms in total. The molecule has 3 fully saturated rings. The molecule has 3 saturated carbocycles. The van der Waals surface area contributed by atoms with Gasteiger partial charge in [0, 0.05) is 6.61 Å². The summed E-state index contributed by atoms with van der Waals surface area (Å²) in [6.45, 7) is 6.63. The van der Waals surface area contributed by atoms with Crippen LogP contribution >= 0.6 is 0 Å². The summed E-state index contributed by atoms with van der Waals surface area (Å²) in [4.78, 5) is 0. The smallest absolute Gasteiger partial charge is 0.162 e. The van der Waals surface area contributed by atoms with E-state index >= 15 is 0 Å². The van der Waals surface area contributed by atoms with E-state index in [1.165, 1.54) is 51.4 Å². The van der Waals surface area contributed by atoms with E-state index in [9.17, 15) is 8.78 Å². The van der Waals surface area contributed by atoms with Gasteiger partial charge in [0.1, 0.15) is 0 Å². The van der Waals surface area contributed by atoms with Crippen LogP contribution in [0.4, 0.5) is 8.78 Å². The Kier molecular flexibility index (Phi) is 7.85. The lowest BCUT2D eigenvalue weighted by Crippen LogP contribution is -2.36. The molecular formula is C28H40F2O. The van der Waals surface area contributed by atoms with Gasteiger partial charge in [-0.3, -0.25) is 0 Å². The predicted molar refractivity (Wildman–Crippen MR) is 123 cm³/mol. The molecule has 0 aliphatic heterocycles. The van der Waals surface area contributed by atoms with Crippen LogP contribution in [0.1, 0.15) is 94.6 Å². The van der Waals surface area contributed by atoms with Crippen LogP contribution in [0.15, 0.2) is 24.8 Å². The summed E-state index contributed by atoms with van der Waals surface area (Å²) in [6, 6.07) is 3.65. The van der Waals surface area contributed by atoms with E-state index in [0.29, 0.717) is 30.1 Å². The van der Waals surface area contributed by atoms with E-state index in [4.69, 9.17) is 4.74 Å². The third-order valence-electron chi connectivity index (χ3n) is 8.70. The molecule has 0 heterocycles. The molecule has 31 heavy (non-hydrogen) atoms. The van der Waals surface area contributed by atoms with Crippen LogP contribution in [0.2, 0.25) is 0 Å². The maximum absolute atomic E-state index is 14.8. The fourth-order valence-electron chi connectivity index (χ4n) is 6.97. The van der Waals surface area contributed by atoms with Gasteiger partial charge in [-0.15, -0.1) is 6.58 Å². The summed E-state index contributed by atoms with van der Waals surface area (Å²) in [5, 5.41) is 0. The second-order valence-electron chi connectivity index (χ2n) is 10.4. The molecule has 0 spiro atoms. The predicted octanol–water partition coefficient (Wildman–Crippen LogP) is 7.98. The van der Waals surface area contributed by atoms with E-state index in [2.05, 4.69) is 13.5 Å². The molecule has 4 atom stereocenters. The molecule has 4 rings (SSSR count). The topological polar surface area (TPSA) is 9.23 Å². The standard InChI is InChI=1S/C28H40F2O/c1-3-5-6-21-14-16-26(28(30)27(21)29)20-9-7-19(8-10-20)22-11-12-24-18-25(31-4-2)15-13-23(24)17-22/h3,14,16,19-20,22-25H,1,4-13,15,17-18H2,2H3. The van der Waals surface area contributed by atoms with Crippen LogP contribution < -0.4 is 0 Å². The molecule has 0 radical (unpaired) electrons. The highest BCUT2D eigenvalue weighted by Crippen LogP contribution is 2.49. The normalized spacial score (nSPS) is 33.6. The Hall–Kier alpha value is -1.22. The van der Waals surface area contributed by atoms with Crippen molar-refractivity contribution in [3.8, 4) is 0 Å². The molecule has 0 amide bonds. The lowest BCUT2D eigenvalue weighted by Gasteiger charge is -2.45. The Morgan fingerprint density at radius 3 is 2.23 bits per heavy atom. The van der Waals surface area contributed by atoms with Crippen molar-refractivity contribution in [2.45, 2.75) is 96.0 Å². The summed E-state index contributed by atoms with van der Waals surface area (Å²) in [7, 11) is 0. The Bertz CT molecular complexity index is 737. The number of rotatable bonds is 7. The molecule has 0 saturated heterocycles. The Labute approximate surface area is 187 Å². The first kappa shape index (κ1) is 23.0. The molecule has 3 heteroatoms. The monoisotopic (exact) mass is 430 g/mol. The maximum Gasteiger partial charge on any atom is 0.162 e. The Morgan fingerprint density at radius 1 is 0.871 bits per heavy atom. The zero-order valence-corrected chi connectivity index (χ0v) is 19.3. The second kappa shape index (κ2) is 10.6. The number of aryl methyl sites for hydroxylation is 1. The van der Waals surface area contributed by atoms with Crippen molar-refractivity contribution >= 4 is 0 Å². The molecule has 4 unspecified atom stereocenters. The van der Waals surface area contributed by atoms with Crippen LogP contribution in [0.25, 0.3) is 0 Å². The van der Waals surface area contributed by atoms with Gasteiger partial charge in [-0.05, 0) is 125 Å². The van der Waals surface area contributed by atoms with Crippen molar-refractivity contribution in [2.75, 3.05) is 6.61 Å². The summed E-state index contributed by atoms with van der Waals surface area (Å²) >= 11 is 0. The zero-order chi connectivity index (χ0) is 21.8. The SMILES string of the molecule is C=CCCc1ccc(C2CCC(C3CCC4CC(OCC)CCC4C3)CC2)c(F)c1F. The van der Waals surface area contributed by atoms with Gasteiger partial charge in [-0.25, -0.2) is 8.78 Å². The minimum absolute atomic E-state index is 0.178. The summed E-state index contributed by atoms with van der Waals surface area (Å²) < 4.78 is 35.2.